The molecule has 2 heteroatoms. The summed E-state index contributed by atoms with van der Waals surface area (Å²) in [7, 11) is 0. The second kappa shape index (κ2) is 5.41. The van der Waals surface area contributed by atoms with E-state index in [1.54, 1.807) is 0 Å². The molecular formula is C16H23NO. The fraction of sp³-hybridized carbons (Fsp3) is 0.625. The number of rotatable bonds is 4. The van der Waals surface area contributed by atoms with Gasteiger partial charge in [0.05, 0.1) is 6.10 Å². The Kier molecular flexibility index (Phi) is 3.67. The molecule has 1 aliphatic heterocycles. The van der Waals surface area contributed by atoms with Crippen LogP contribution in [0.15, 0.2) is 30.3 Å². The maximum absolute atomic E-state index is 10.3. The number of nitrogens with zero attached hydrogens (tertiary/aromatic N) is 1. The average molecular weight is 245 g/mol. The summed E-state index contributed by atoms with van der Waals surface area (Å²) in [6.45, 7) is 1.98. The molecule has 18 heavy (non-hydrogen) atoms. The van der Waals surface area contributed by atoms with Gasteiger partial charge in [-0.2, -0.15) is 0 Å². The van der Waals surface area contributed by atoms with Crippen molar-refractivity contribution in [3.05, 3.63) is 35.9 Å². The van der Waals surface area contributed by atoms with Gasteiger partial charge in [-0.15, -0.1) is 0 Å². The summed E-state index contributed by atoms with van der Waals surface area (Å²) in [4.78, 5) is 2.53. The quantitative estimate of drug-likeness (QED) is 0.881. The Bertz CT molecular complexity index is 374. The van der Waals surface area contributed by atoms with E-state index in [2.05, 4.69) is 4.90 Å². The smallest absolute Gasteiger partial charge is 0.0917 e. The van der Waals surface area contributed by atoms with Crippen LogP contribution in [-0.4, -0.2) is 29.1 Å². The van der Waals surface area contributed by atoms with E-state index in [4.69, 9.17) is 0 Å². The molecule has 1 aromatic carbocycles. The lowest BCUT2D eigenvalue weighted by atomic mass is 9.78. The Balaban J connectivity index is 1.61. The number of aliphatic hydroxyl groups is 1. The summed E-state index contributed by atoms with van der Waals surface area (Å²) in [5.74, 6) is 0.912. The molecule has 0 aromatic heterocycles. The minimum absolute atomic E-state index is 0.327. The van der Waals surface area contributed by atoms with Crippen molar-refractivity contribution >= 4 is 0 Å². The van der Waals surface area contributed by atoms with Crippen molar-refractivity contribution in [2.75, 3.05) is 13.1 Å². The van der Waals surface area contributed by atoms with E-state index in [-0.39, 0.29) is 6.10 Å². The van der Waals surface area contributed by atoms with Gasteiger partial charge in [-0.1, -0.05) is 36.8 Å². The summed E-state index contributed by atoms with van der Waals surface area (Å²) in [5, 5.41) is 10.3. The van der Waals surface area contributed by atoms with E-state index in [0.29, 0.717) is 0 Å². The predicted molar refractivity (Wildman–Crippen MR) is 73.3 cm³/mol. The van der Waals surface area contributed by atoms with Gasteiger partial charge in [-0.25, -0.2) is 0 Å². The van der Waals surface area contributed by atoms with E-state index in [1.165, 1.54) is 38.6 Å². The summed E-state index contributed by atoms with van der Waals surface area (Å²) in [6.07, 6.45) is 6.54. The van der Waals surface area contributed by atoms with Crippen LogP contribution >= 0.6 is 0 Å². The molecule has 2 nitrogen and oxygen atoms in total. The molecule has 1 heterocycles. The first-order valence-corrected chi connectivity index (χ1v) is 7.31. The second-order valence-electron chi connectivity index (χ2n) is 5.82. The molecule has 2 unspecified atom stereocenters. The first-order chi connectivity index (χ1) is 8.84. The van der Waals surface area contributed by atoms with Crippen molar-refractivity contribution in [2.45, 2.75) is 44.2 Å². The van der Waals surface area contributed by atoms with Crippen LogP contribution in [0.1, 0.15) is 43.8 Å². The first kappa shape index (κ1) is 12.2. The van der Waals surface area contributed by atoms with Crippen molar-refractivity contribution in [1.29, 1.82) is 0 Å². The number of hydrogen-bond donors (Lipinski definition) is 1. The lowest BCUT2D eigenvalue weighted by molar-refractivity contribution is 0.0699. The van der Waals surface area contributed by atoms with Gasteiger partial charge < -0.3 is 5.11 Å². The second-order valence-corrected chi connectivity index (χ2v) is 5.82. The van der Waals surface area contributed by atoms with Crippen LogP contribution in [-0.2, 0) is 0 Å². The average Bonchev–Trinajstić information content (AvgIpc) is 2.76. The molecule has 1 saturated heterocycles. The van der Waals surface area contributed by atoms with Gasteiger partial charge in [-0.3, -0.25) is 4.90 Å². The van der Waals surface area contributed by atoms with Gasteiger partial charge in [-0.05, 0) is 43.7 Å². The summed E-state index contributed by atoms with van der Waals surface area (Å²) < 4.78 is 0. The van der Waals surface area contributed by atoms with E-state index in [1.807, 2.05) is 30.3 Å². The zero-order chi connectivity index (χ0) is 12.4. The Morgan fingerprint density at radius 3 is 2.56 bits per heavy atom. The van der Waals surface area contributed by atoms with Gasteiger partial charge in [0.2, 0.25) is 0 Å². The van der Waals surface area contributed by atoms with Crippen molar-refractivity contribution in [3.8, 4) is 0 Å². The fourth-order valence-electron chi connectivity index (χ4n) is 3.44. The van der Waals surface area contributed by atoms with Crippen LogP contribution in [0.3, 0.4) is 0 Å². The summed E-state index contributed by atoms with van der Waals surface area (Å²) in [6, 6.07) is 10.8. The van der Waals surface area contributed by atoms with E-state index in [0.717, 1.165) is 24.1 Å². The van der Waals surface area contributed by atoms with Crippen LogP contribution in [0.25, 0.3) is 0 Å². The molecule has 1 aliphatic carbocycles. The summed E-state index contributed by atoms with van der Waals surface area (Å²) >= 11 is 0. The Hall–Kier alpha value is -0.860. The number of likely N-dealkylation sites (tertiary alicyclic amines) is 1. The standard InChI is InChI=1S/C16H23NO/c18-16(14-6-2-1-3-7-14)12-17-11-5-10-15(17)13-8-4-9-13/h1-3,6-7,13,15-16,18H,4-5,8-12H2. The molecule has 2 fully saturated rings. The molecular weight excluding hydrogens is 222 g/mol. The largest absolute Gasteiger partial charge is 0.387 e. The lowest BCUT2D eigenvalue weighted by Gasteiger charge is -2.37. The van der Waals surface area contributed by atoms with Crippen LogP contribution in [0.4, 0.5) is 0 Å². The van der Waals surface area contributed by atoms with Gasteiger partial charge in [0.15, 0.2) is 0 Å². The predicted octanol–water partition coefficient (Wildman–Crippen LogP) is 2.98. The van der Waals surface area contributed by atoms with E-state index < -0.39 is 0 Å². The highest BCUT2D eigenvalue weighted by atomic mass is 16.3. The summed E-state index contributed by atoms with van der Waals surface area (Å²) in [5.41, 5.74) is 1.05. The highest BCUT2D eigenvalue weighted by Gasteiger charge is 2.35. The van der Waals surface area contributed by atoms with Gasteiger partial charge in [0, 0.05) is 12.6 Å². The zero-order valence-corrected chi connectivity index (χ0v) is 11.0. The Morgan fingerprint density at radius 2 is 1.89 bits per heavy atom. The van der Waals surface area contributed by atoms with Crippen molar-refractivity contribution < 1.29 is 5.11 Å². The molecule has 98 valence electrons. The van der Waals surface area contributed by atoms with Crippen LogP contribution in [0.5, 0.6) is 0 Å². The minimum atomic E-state index is -0.327. The Morgan fingerprint density at radius 1 is 1.11 bits per heavy atom. The third-order valence-corrected chi connectivity index (χ3v) is 4.70. The van der Waals surface area contributed by atoms with E-state index >= 15 is 0 Å². The number of benzene rings is 1. The molecule has 2 aliphatic rings. The normalized spacial score (nSPS) is 27.1. The maximum Gasteiger partial charge on any atom is 0.0917 e. The van der Waals surface area contributed by atoms with Crippen LogP contribution < -0.4 is 0 Å². The zero-order valence-electron chi connectivity index (χ0n) is 11.0. The van der Waals surface area contributed by atoms with Crippen molar-refractivity contribution in [1.82, 2.24) is 4.90 Å². The minimum Gasteiger partial charge on any atom is -0.387 e. The molecule has 0 amide bonds. The molecule has 3 rings (SSSR count). The van der Waals surface area contributed by atoms with Crippen LogP contribution in [0.2, 0.25) is 0 Å². The fourth-order valence-corrected chi connectivity index (χ4v) is 3.44. The first-order valence-electron chi connectivity index (χ1n) is 7.31. The highest BCUT2D eigenvalue weighted by Crippen LogP contribution is 2.37. The molecule has 2 atom stereocenters. The van der Waals surface area contributed by atoms with E-state index in [9.17, 15) is 5.11 Å². The lowest BCUT2D eigenvalue weighted by Crippen LogP contribution is -2.40. The van der Waals surface area contributed by atoms with Crippen molar-refractivity contribution in [2.24, 2.45) is 5.92 Å². The third-order valence-electron chi connectivity index (χ3n) is 4.70. The topological polar surface area (TPSA) is 23.5 Å². The molecule has 0 spiro atoms. The SMILES string of the molecule is OC(CN1CCCC1C1CCC1)c1ccccc1. The third kappa shape index (κ3) is 2.45. The van der Waals surface area contributed by atoms with Gasteiger partial charge in [0.25, 0.3) is 0 Å². The highest BCUT2D eigenvalue weighted by molar-refractivity contribution is 5.17. The Labute approximate surface area is 110 Å². The molecule has 0 radical (unpaired) electrons. The maximum atomic E-state index is 10.3. The van der Waals surface area contributed by atoms with Crippen molar-refractivity contribution in [3.63, 3.8) is 0 Å². The van der Waals surface area contributed by atoms with Gasteiger partial charge in [0.1, 0.15) is 0 Å². The molecule has 0 bridgehead atoms. The van der Waals surface area contributed by atoms with Gasteiger partial charge >= 0.3 is 0 Å². The monoisotopic (exact) mass is 245 g/mol. The number of β-amino-alcohol motifs (C(OH)–C–C–N with tert-alkyl or cyclic N) is 1. The molecule has 1 aromatic rings. The number of aliphatic hydroxyl groups excluding tert-OH is 1. The molecule has 1 saturated carbocycles. The van der Waals surface area contributed by atoms with Crippen LogP contribution in [0, 0.1) is 5.92 Å². The molecule has 1 N–H and O–H groups in total. The number of hydrogen-bond acceptors (Lipinski definition) is 2.